The second-order valence-electron chi connectivity index (χ2n) is 3.72. The van der Waals surface area contributed by atoms with E-state index < -0.39 is 9.84 Å². The summed E-state index contributed by atoms with van der Waals surface area (Å²) < 4.78 is 22.2. The van der Waals surface area contributed by atoms with Gasteiger partial charge in [0, 0.05) is 12.3 Å². The van der Waals surface area contributed by atoms with E-state index in [1.165, 1.54) is 0 Å². The van der Waals surface area contributed by atoms with Gasteiger partial charge in [-0.25, -0.2) is 8.42 Å². The van der Waals surface area contributed by atoms with Crippen molar-refractivity contribution in [2.75, 3.05) is 18.1 Å². The molecule has 0 aliphatic carbocycles. The van der Waals surface area contributed by atoms with Crippen molar-refractivity contribution in [1.82, 2.24) is 5.32 Å². The van der Waals surface area contributed by atoms with E-state index in [4.69, 9.17) is 0 Å². The summed E-state index contributed by atoms with van der Waals surface area (Å²) in [6, 6.07) is 0. The van der Waals surface area contributed by atoms with Gasteiger partial charge >= 0.3 is 0 Å². The first-order valence-electron chi connectivity index (χ1n) is 4.96. The zero-order valence-corrected chi connectivity index (χ0v) is 11.1. The van der Waals surface area contributed by atoms with Gasteiger partial charge in [0.15, 0.2) is 9.84 Å². The van der Waals surface area contributed by atoms with Gasteiger partial charge in [0.25, 0.3) is 0 Å². The fourth-order valence-corrected chi connectivity index (χ4v) is 1.67. The fraction of sp³-hybridized carbons (Fsp3) is 0.889. The Bertz CT molecular complexity index is 298. The number of nitrogens with one attached hydrogen (secondary N) is 1. The molecule has 0 aliphatic heterocycles. The summed E-state index contributed by atoms with van der Waals surface area (Å²) in [5.41, 5.74) is 0. The molecular formula is C9H19NO3S2. The molecule has 0 saturated carbocycles. The van der Waals surface area contributed by atoms with Crippen molar-refractivity contribution < 1.29 is 13.2 Å². The summed E-state index contributed by atoms with van der Waals surface area (Å²) in [6.07, 6.45) is 0. The number of carbonyl (C=O) groups is 1. The number of thiol groups is 1. The van der Waals surface area contributed by atoms with Gasteiger partial charge in [0.05, 0.1) is 11.0 Å². The number of amides is 1. The van der Waals surface area contributed by atoms with Crippen LogP contribution in [0.1, 0.15) is 20.8 Å². The Morgan fingerprint density at radius 3 is 2.33 bits per heavy atom. The first-order chi connectivity index (χ1) is 6.80. The molecule has 1 atom stereocenters. The van der Waals surface area contributed by atoms with Gasteiger partial charge in [-0.1, -0.05) is 20.8 Å². The molecule has 6 heteroatoms. The quantitative estimate of drug-likeness (QED) is 0.677. The Labute approximate surface area is 97.2 Å². The maximum Gasteiger partial charge on any atom is 0.233 e. The highest BCUT2D eigenvalue weighted by molar-refractivity contribution is 7.91. The van der Waals surface area contributed by atoms with Gasteiger partial charge in [-0.2, -0.15) is 12.6 Å². The fourth-order valence-electron chi connectivity index (χ4n) is 0.881. The predicted octanol–water partition coefficient (Wildman–Crippen LogP) is 0.492. The second-order valence-corrected chi connectivity index (χ2v) is 6.75. The van der Waals surface area contributed by atoms with Crippen LogP contribution in [0.25, 0.3) is 0 Å². The molecule has 4 nitrogen and oxygen atoms in total. The first-order valence-corrected chi connectivity index (χ1v) is 7.30. The molecule has 0 radical (unpaired) electrons. The van der Waals surface area contributed by atoms with Gasteiger partial charge in [0.2, 0.25) is 5.91 Å². The van der Waals surface area contributed by atoms with Crippen molar-refractivity contribution in [2.45, 2.75) is 26.0 Å². The highest BCUT2D eigenvalue weighted by Gasteiger charge is 2.17. The van der Waals surface area contributed by atoms with Crippen LogP contribution >= 0.6 is 12.6 Å². The average Bonchev–Trinajstić information content (AvgIpc) is 2.16. The lowest BCUT2D eigenvalue weighted by Gasteiger charge is -2.14. The predicted molar refractivity (Wildman–Crippen MR) is 64.9 cm³/mol. The largest absolute Gasteiger partial charge is 0.354 e. The zero-order valence-electron chi connectivity index (χ0n) is 9.36. The molecule has 0 bridgehead atoms. The maximum absolute atomic E-state index is 11.4. The topological polar surface area (TPSA) is 63.2 Å². The molecule has 1 unspecified atom stereocenters. The molecule has 15 heavy (non-hydrogen) atoms. The Morgan fingerprint density at radius 2 is 1.93 bits per heavy atom. The van der Waals surface area contributed by atoms with Crippen LogP contribution in [-0.4, -0.2) is 37.6 Å². The van der Waals surface area contributed by atoms with Crippen LogP contribution in [0.5, 0.6) is 0 Å². The minimum absolute atomic E-state index is 0.00612. The normalized spacial score (nSPS) is 13.9. The van der Waals surface area contributed by atoms with Gasteiger partial charge in [-0.3, -0.25) is 4.79 Å². The molecule has 0 heterocycles. The third kappa shape index (κ3) is 6.04. The highest BCUT2D eigenvalue weighted by Crippen LogP contribution is 2.08. The van der Waals surface area contributed by atoms with Crippen molar-refractivity contribution in [3.8, 4) is 0 Å². The molecule has 0 aromatic rings. The van der Waals surface area contributed by atoms with Crippen molar-refractivity contribution in [2.24, 2.45) is 5.92 Å². The van der Waals surface area contributed by atoms with Gasteiger partial charge in [0.1, 0.15) is 0 Å². The highest BCUT2D eigenvalue weighted by atomic mass is 32.2. The second kappa shape index (κ2) is 6.37. The number of rotatable bonds is 6. The van der Waals surface area contributed by atoms with Crippen molar-refractivity contribution in [3.05, 3.63) is 0 Å². The Kier molecular flexibility index (Phi) is 6.28. The summed E-state index contributed by atoms with van der Waals surface area (Å²) in [7, 11) is -3.00. The molecule has 0 rings (SSSR count). The summed E-state index contributed by atoms with van der Waals surface area (Å²) in [6.45, 7) is 5.53. The Balaban J connectivity index is 3.93. The summed E-state index contributed by atoms with van der Waals surface area (Å²) in [5, 5.41) is 2.18. The number of sulfone groups is 1. The van der Waals surface area contributed by atoms with Crippen LogP contribution in [0.4, 0.5) is 0 Å². The van der Waals surface area contributed by atoms with Crippen LogP contribution in [0, 0.1) is 5.92 Å². The molecule has 0 spiro atoms. The number of hydrogen-bond acceptors (Lipinski definition) is 4. The molecule has 0 aromatic heterocycles. The van der Waals surface area contributed by atoms with E-state index in [2.05, 4.69) is 17.9 Å². The third-order valence-corrected chi connectivity index (χ3v) is 4.59. The monoisotopic (exact) mass is 253 g/mol. The van der Waals surface area contributed by atoms with E-state index >= 15 is 0 Å². The SMILES string of the molecule is CCS(=O)(=O)CCNC(=O)C(S)C(C)C. The van der Waals surface area contributed by atoms with Crippen LogP contribution in [0.3, 0.4) is 0 Å². The summed E-state index contributed by atoms with van der Waals surface area (Å²) >= 11 is 4.13. The summed E-state index contributed by atoms with van der Waals surface area (Å²) in [5.74, 6) is 0.0290. The van der Waals surface area contributed by atoms with E-state index in [1.54, 1.807) is 6.92 Å². The van der Waals surface area contributed by atoms with Gasteiger partial charge < -0.3 is 5.32 Å². The molecule has 0 fully saturated rings. The van der Waals surface area contributed by atoms with Crippen LogP contribution < -0.4 is 5.32 Å². The lowest BCUT2D eigenvalue weighted by atomic mass is 10.1. The van der Waals surface area contributed by atoms with Crippen LogP contribution in [-0.2, 0) is 14.6 Å². The zero-order chi connectivity index (χ0) is 12.1. The van der Waals surface area contributed by atoms with E-state index in [0.29, 0.717) is 0 Å². The standard InChI is InChI=1S/C9H19NO3S2/c1-4-15(12,13)6-5-10-9(11)8(14)7(2)3/h7-8,14H,4-6H2,1-3H3,(H,10,11). The molecule has 0 saturated heterocycles. The maximum atomic E-state index is 11.4. The van der Waals surface area contributed by atoms with Crippen LogP contribution in [0.15, 0.2) is 0 Å². The number of hydrogen-bond donors (Lipinski definition) is 2. The van der Waals surface area contributed by atoms with Gasteiger partial charge in [-0.05, 0) is 5.92 Å². The van der Waals surface area contributed by atoms with E-state index in [1.807, 2.05) is 13.8 Å². The van der Waals surface area contributed by atoms with E-state index in [0.717, 1.165) is 0 Å². The summed E-state index contributed by atoms with van der Waals surface area (Å²) in [4.78, 5) is 11.4. The molecule has 90 valence electrons. The molecule has 0 aliphatic rings. The van der Waals surface area contributed by atoms with Crippen molar-refractivity contribution in [3.63, 3.8) is 0 Å². The van der Waals surface area contributed by atoms with Crippen molar-refractivity contribution in [1.29, 1.82) is 0 Å². The first kappa shape index (κ1) is 14.8. The molecule has 1 amide bonds. The lowest BCUT2D eigenvalue weighted by molar-refractivity contribution is -0.121. The minimum Gasteiger partial charge on any atom is -0.354 e. The van der Waals surface area contributed by atoms with Crippen molar-refractivity contribution >= 4 is 28.4 Å². The average molecular weight is 253 g/mol. The van der Waals surface area contributed by atoms with Crippen LogP contribution in [0.2, 0.25) is 0 Å². The minimum atomic E-state index is -3.00. The number of carbonyl (C=O) groups excluding carboxylic acids is 1. The lowest BCUT2D eigenvalue weighted by Crippen LogP contribution is -2.37. The molecule has 0 aromatic carbocycles. The molecule has 1 N–H and O–H groups in total. The van der Waals surface area contributed by atoms with Gasteiger partial charge in [-0.15, -0.1) is 0 Å². The van der Waals surface area contributed by atoms with E-state index in [9.17, 15) is 13.2 Å². The Morgan fingerprint density at radius 1 is 1.40 bits per heavy atom. The molecular weight excluding hydrogens is 234 g/mol. The third-order valence-electron chi connectivity index (χ3n) is 2.05. The van der Waals surface area contributed by atoms with E-state index in [-0.39, 0.29) is 35.1 Å². The Hall–Kier alpha value is -0.230. The smallest absolute Gasteiger partial charge is 0.233 e.